The number of anilines is 2. The zero-order valence-corrected chi connectivity index (χ0v) is 23.4. The molecule has 0 N–H and O–H groups in total. The number of fused-ring (bicyclic) bond motifs is 1. The van der Waals surface area contributed by atoms with Crippen LogP contribution in [0.5, 0.6) is 0 Å². The molecule has 0 saturated carbocycles. The summed E-state index contributed by atoms with van der Waals surface area (Å²) in [5.41, 5.74) is 4.80. The predicted octanol–water partition coefficient (Wildman–Crippen LogP) is 4.87. The molecule has 1 aliphatic rings. The smallest absolute Gasteiger partial charge is 0.274 e. The summed E-state index contributed by atoms with van der Waals surface area (Å²) in [6.45, 7) is 6.03. The second-order valence-corrected chi connectivity index (χ2v) is 10.6. The Hall–Kier alpha value is -4.42. The van der Waals surface area contributed by atoms with E-state index in [1.165, 1.54) is 21.7 Å². The van der Waals surface area contributed by atoms with Crippen LogP contribution in [0.25, 0.3) is 11.3 Å². The summed E-state index contributed by atoms with van der Waals surface area (Å²) in [7, 11) is 5.37. The molecule has 0 aliphatic carbocycles. The zero-order chi connectivity index (χ0) is 28.2. The molecule has 198 valence electrons. The normalized spacial score (nSPS) is 14.6. The average Bonchev–Trinajstić information content (AvgIpc) is 3.41. The predicted molar refractivity (Wildman–Crippen MR) is 151 cm³/mol. The maximum absolute atomic E-state index is 14.2. The molecule has 4 heterocycles. The van der Waals surface area contributed by atoms with Crippen LogP contribution in [0.1, 0.15) is 58.8 Å². The van der Waals surface area contributed by atoms with Gasteiger partial charge in [0.25, 0.3) is 11.5 Å². The zero-order valence-electron chi connectivity index (χ0n) is 22.6. The van der Waals surface area contributed by atoms with Crippen LogP contribution in [-0.2, 0) is 7.05 Å². The maximum atomic E-state index is 14.2. The van der Waals surface area contributed by atoms with Gasteiger partial charge in [0.05, 0.1) is 39.3 Å². The Balaban J connectivity index is 1.79. The lowest BCUT2D eigenvalue weighted by atomic mass is 10.0. The van der Waals surface area contributed by atoms with Gasteiger partial charge in [0.2, 0.25) is 5.95 Å². The first-order valence-electron chi connectivity index (χ1n) is 12.5. The van der Waals surface area contributed by atoms with E-state index in [2.05, 4.69) is 34.5 Å². The van der Waals surface area contributed by atoms with Gasteiger partial charge in [-0.1, -0.05) is 23.7 Å². The minimum absolute atomic E-state index is 0.0347. The number of benzene rings is 1. The SMILES string of the molecule is Cc1nc(N(C)C)ncc1-c1cc2c(n1C(C)C)C(c1ccc(C#N)cc1)N(c1cc(Cl)cn(C)c1=O)C2=O. The number of pyridine rings is 1. The van der Waals surface area contributed by atoms with E-state index in [0.29, 0.717) is 22.1 Å². The van der Waals surface area contributed by atoms with Crippen LogP contribution in [0.4, 0.5) is 11.6 Å². The molecule has 0 spiro atoms. The molecule has 1 aromatic carbocycles. The molecule has 5 rings (SSSR count). The molecule has 9 nitrogen and oxygen atoms in total. The highest BCUT2D eigenvalue weighted by Crippen LogP contribution is 2.46. The first-order chi connectivity index (χ1) is 18.5. The van der Waals surface area contributed by atoms with Gasteiger partial charge in [0, 0.05) is 45.1 Å². The highest BCUT2D eigenvalue weighted by atomic mass is 35.5. The number of carbonyl (C=O) groups is 1. The molecule has 0 saturated heterocycles. The van der Waals surface area contributed by atoms with Gasteiger partial charge in [-0.15, -0.1) is 0 Å². The highest BCUT2D eigenvalue weighted by Gasteiger charge is 2.44. The number of amides is 1. The standard InChI is InChI=1S/C29H28ClN7O2/c1-16(2)36-23(22-14-32-29(34(4)5)33-17(22)3)12-21-26(36)25(19-9-7-18(13-31)8-10-19)37(27(21)38)24-11-20(30)15-35(6)28(24)39/h7-12,14-16,25H,1-6H3. The molecule has 4 aromatic rings. The van der Waals surface area contributed by atoms with Crippen molar-refractivity contribution in [2.45, 2.75) is 32.9 Å². The number of nitriles is 1. The molecule has 10 heteroatoms. The van der Waals surface area contributed by atoms with E-state index in [-0.39, 0.29) is 23.2 Å². The van der Waals surface area contributed by atoms with Crippen molar-refractivity contribution in [2.75, 3.05) is 23.9 Å². The summed E-state index contributed by atoms with van der Waals surface area (Å²) < 4.78 is 3.49. The number of aryl methyl sites for hydroxylation is 2. The molecule has 0 bridgehead atoms. The summed E-state index contributed by atoms with van der Waals surface area (Å²) in [5.74, 6) is 0.295. The van der Waals surface area contributed by atoms with Crippen LogP contribution in [0.2, 0.25) is 5.02 Å². The van der Waals surface area contributed by atoms with E-state index in [1.807, 2.05) is 44.1 Å². The van der Waals surface area contributed by atoms with Gasteiger partial charge >= 0.3 is 0 Å². The van der Waals surface area contributed by atoms with E-state index in [0.717, 1.165) is 28.2 Å². The van der Waals surface area contributed by atoms with Crippen LogP contribution in [0, 0.1) is 18.3 Å². The number of carbonyl (C=O) groups excluding carboxylic acids is 1. The minimum atomic E-state index is -0.621. The van der Waals surface area contributed by atoms with Gasteiger partial charge < -0.3 is 14.0 Å². The number of hydrogen-bond acceptors (Lipinski definition) is 6. The monoisotopic (exact) mass is 541 g/mol. The van der Waals surface area contributed by atoms with Crippen molar-refractivity contribution in [3.05, 3.63) is 92.2 Å². The molecular weight excluding hydrogens is 514 g/mol. The van der Waals surface area contributed by atoms with Crippen molar-refractivity contribution in [3.63, 3.8) is 0 Å². The summed E-state index contributed by atoms with van der Waals surface area (Å²) in [4.78, 5) is 40.0. The summed E-state index contributed by atoms with van der Waals surface area (Å²) in [6.07, 6.45) is 3.30. The van der Waals surface area contributed by atoms with Crippen molar-refractivity contribution in [1.29, 1.82) is 5.26 Å². The Kier molecular flexibility index (Phi) is 6.52. The number of hydrogen-bond donors (Lipinski definition) is 0. The molecule has 1 unspecified atom stereocenters. The Morgan fingerprint density at radius 2 is 1.79 bits per heavy atom. The lowest BCUT2D eigenvalue weighted by Gasteiger charge is -2.29. The second kappa shape index (κ2) is 9.71. The number of rotatable bonds is 5. The van der Waals surface area contributed by atoms with Crippen LogP contribution in [-0.4, -0.2) is 39.1 Å². The fourth-order valence-corrected chi connectivity index (χ4v) is 5.42. The molecule has 0 fully saturated rings. The Morgan fingerprint density at radius 3 is 2.38 bits per heavy atom. The minimum Gasteiger partial charge on any atom is -0.347 e. The van der Waals surface area contributed by atoms with Crippen LogP contribution < -0.4 is 15.4 Å². The van der Waals surface area contributed by atoms with Gasteiger partial charge in [-0.3, -0.25) is 14.5 Å². The fraction of sp³-hybridized carbons (Fsp3) is 0.276. The van der Waals surface area contributed by atoms with E-state index in [9.17, 15) is 14.9 Å². The Bertz CT molecular complexity index is 1710. The van der Waals surface area contributed by atoms with Crippen molar-refractivity contribution in [3.8, 4) is 17.3 Å². The molecule has 1 amide bonds. The third-order valence-electron chi connectivity index (χ3n) is 6.95. The second-order valence-electron chi connectivity index (χ2n) is 10.1. The van der Waals surface area contributed by atoms with E-state index >= 15 is 0 Å². The molecule has 1 atom stereocenters. The molecule has 0 radical (unpaired) electrons. The lowest BCUT2D eigenvalue weighted by molar-refractivity contribution is 0.0993. The maximum Gasteiger partial charge on any atom is 0.274 e. The Labute approximate surface area is 231 Å². The summed E-state index contributed by atoms with van der Waals surface area (Å²) in [5, 5.41) is 9.70. The van der Waals surface area contributed by atoms with Crippen LogP contribution >= 0.6 is 11.6 Å². The van der Waals surface area contributed by atoms with Crippen molar-refractivity contribution in [1.82, 2.24) is 19.1 Å². The van der Waals surface area contributed by atoms with E-state index < -0.39 is 6.04 Å². The third kappa shape index (κ3) is 4.27. The van der Waals surface area contributed by atoms with Gasteiger partial charge in [0.1, 0.15) is 11.7 Å². The molecule has 39 heavy (non-hydrogen) atoms. The number of aromatic nitrogens is 4. The van der Waals surface area contributed by atoms with Crippen molar-refractivity contribution >= 4 is 29.1 Å². The van der Waals surface area contributed by atoms with Crippen molar-refractivity contribution in [2.24, 2.45) is 7.05 Å². The van der Waals surface area contributed by atoms with Gasteiger partial charge in [-0.2, -0.15) is 5.26 Å². The van der Waals surface area contributed by atoms with Gasteiger partial charge in [-0.25, -0.2) is 9.97 Å². The first-order valence-corrected chi connectivity index (χ1v) is 12.9. The van der Waals surface area contributed by atoms with Gasteiger partial charge in [-0.05, 0) is 50.6 Å². The number of halogens is 1. The van der Waals surface area contributed by atoms with E-state index in [4.69, 9.17) is 11.6 Å². The van der Waals surface area contributed by atoms with Crippen LogP contribution in [0.15, 0.2) is 53.6 Å². The molecular formula is C29H28ClN7O2. The quantitative estimate of drug-likeness (QED) is 0.357. The summed E-state index contributed by atoms with van der Waals surface area (Å²) >= 11 is 6.35. The largest absolute Gasteiger partial charge is 0.347 e. The Morgan fingerprint density at radius 1 is 1.10 bits per heavy atom. The highest BCUT2D eigenvalue weighted by molar-refractivity contribution is 6.30. The van der Waals surface area contributed by atoms with Crippen LogP contribution in [0.3, 0.4) is 0 Å². The third-order valence-corrected chi connectivity index (χ3v) is 7.15. The van der Waals surface area contributed by atoms with Gasteiger partial charge in [0.15, 0.2) is 0 Å². The first kappa shape index (κ1) is 26.2. The topological polar surface area (TPSA) is 100 Å². The average molecular weight is 542 g/mol. The van der Waals surface area contributed by atoms with Crippen molar-refractivity contribution < 1.29 is 4.79 Å². The molecule has 1 aliphatic heterocycles. The van der Waals surface area contributed by atoms with E-state index in [1.54, 1.807) is 25.4 Å². The fourth-order valence-electron chi connectivity index (χ4n) is 5.17. The lowest BCUT2D eigenvalue weighted by Crippen LogP contribution is -2.35. The summed E-state index contributed by atoms with van der Waals surface area (Å²) in [6, 6.07) is 12.0. The number of nitrogens with zero attached hydrogens (tertiary/aromatic N) is 7. The molecule has 3 aromatic heterocycles.